The zero-order valence-corrected chi connectivity index (χ0v) is 9.36. The van der Waals surface area contributed by atoms with Crippen LogP contribution >= 0.6 is 11.8 Å². The molecule has 0 aliphatic carbocycles. The van der Waals surface area contributed by atoms with Crippen LogP contribution in [0.15, 0.2) is 0 Å². The summed E-state index contributed by atoms with van der Waals surface area (Å²) in [6, 6.07) is 0.00396. The lowest BCUT2D eigenvalue weighted by Crippen LogP contribution is -2.35. The Morgan fingerprint density at radius 3 is 2.69 bits per heavy atom. The van der Waals surface area contributed by atoms with Crippen molar-refractivity contribution >= 4 is 17.7 Å². The van der Waals surface area contributed by atoms with E-state index in [1.165, 1.54) is 0 Å². The highest BCUT2D eigenvalue weighted by atomic mass is 32.2. The van der Waals surface area contributed by atoms with Gasteiger partial charge in [-0.15, -0.1) is 0 Å². The molecule has 1 aliphatic heterocycles. The van der Waals surface area contributed by atoms with Gasteiger partial charge in [0, 0.05) is 6.54 Å². The fourth-order valence-corrected chi connectivity index (χ4v) is 2.06. The molecule has 1 N–H and O–H groups in total. The molecule has 1 heterocycles. The van der Waals surface area contributed by atoms with E-state index in [0.29, 0.717) is 0 Å². The second-order valence-electron chi connectivity index (χ2n) is 3.44. The number of rotatable bonds is 4. The Balaban J connectivity index is 2.35. The Morgan fingerprint density at radius 1 is 1.54 bits per heavy atom. The van der Waals surface area contributed by atoms with Crippen LogP contribution in [-0.4, -0.2) is 41.6 Å². The monoisotopic (exact) mass is 202 g/mol. The van der Waals surface area contributed by atoms with Crippen molar-refractivity contribution in [2.75, 3.05) is 18.6 Å². The second-order valence-corrected chi connectivity index (χ2v) is 4.43. The van der Waals surface area contributed by atoms with Crippen LogP contribution in [0, 0.1) is 0 Å². The van der Waals surface area contributed by atoms with Crippen molar-refractivity contribution in [1.29, 1.82) is 0 Å². The van der Waals surface area contributed by atoms with Crippen LogP contribution in [0.5, 0.6) is 0 Å². The number of nitrogens with one attached hydrogen (secondary N) is 1. The third kappa shape index (κ3) is 2.61. The summed E-state index contributed by atoms with van der Waals surface area (Å²) < 4.78 is 0. The van der Waals surface area contributed by atoms with Crippen molar-refractivity contribution < 1.29 is 4.79 Å². The van der Waals surface area contributed by atoms with Gasteiger partial charge in [-0.1, -0.05) is 0 Å². The van der Waals surface area contributed by atoms with E-state index in [9.17, 15) is 4.79 Å². The predicted octanol–water partition coefficient (Wildman–Crippen LogP) is 0.906. The van der Waals surface area contributed by atoms with Gasteiger partial charge in [0.1, 0.15) is 0 Å². The highest BCUT2D eigenvalue weighted by Crippen LogP contribution is 2.11. The van der Waals surface area contributed by atoms with Gasteiger partial charge in [-0.05, 0) is 32.3 Å². The molecule has 0 aromatic heterocycles. The molecule has 0 saturated carbocycles. The smallest absolute Gasteiger partial charge is 0.240 e. The van der Waals surface area contributed by atoms with Gasteiger partial charge < -0.3 is 4.90 Å². The van der Waals surface area contributed by atoms with Crippen molar-refractivity contribution in [2.24, 2.45) is 0 Å². The predicted molar refractivity (Wildman–Crippen MR) is 56.8 cm³/mol. The van der Waals surface area contributed by atoms with Crippen molar-refractivity contribution in [2.45, 2.75) is 32.5 Å². The third-order valence-electron chi connectivity index (χ3n) is 2.36. The molecule has 1 saturated heterocycles. The summed E-state index contributed by atoms with van der Waals surface area (Å²) in [5, 5.41) is 3.21. The minimum atomic E-state index is 0.00396. The normalized spacial score (nSPS) is 28.5. The number of amides is 1. The molecule has 0 aromatic carbocycles. The minimum Gasteiger partial charge on any atom is -0.326 e. The fourth-order valence-electron chi connectivity index (χ4n) is 1.65. The molecule has 0 bridgehead atoms. The van der Waals surface area contributed by atoms with Crippen LogP contribution in [0.2, 0.25) is 0 Å². The fraction of sp³-hybridized carbons (Fsp3) is 0.889. The lowest BCUT2D eigenvalue weighted by molar-refractivity contribution is -0.129. The SMILES string of the molecule is CSCCCN1C(=O)C(C)NC1C. The van der Waals surface area contributed by atoms with Crippen molar-refractivity contribution in [3.63, 3.8) is 0 Å². The number of hydrogen-bond donors (Lipinski definition) is 1. The highest BCUT2D eigenvalue weighted by molar-refractivity contribution is 7.98. The molecule has 0 radical (unpaired) electrons. The van der Waals surface area contributed by atoms with Gasteiger partial charge in [0.2, 0.25) is 5.91 Å². The second kappa shape index (κ2) is 4.86. The molecule has 76 valence electrons. The lowest BCUT2D eigenvalue weighted by atomic mass is 10.3. The summed E-state index contributed by atoms with van der Waals surface area (Å²) in [6.07, 6.45) is 3.39. The molecule has 0 aromatic rings. The summed E-state index contributed by atoms with van der Waals surface area (Å²) in [5.74, 6) is 1.37. The van der Waals surface area contributed by atoms with Crippen LogP contribution in [0.4, 0.5) is 0 Å². The molecule has 1 fully saturated rings. The quantitative estimate of drug-likeness (QED) is 0.688. The molecule has 4 heteroatoms. The number of carbonyl (C=O) groups is 1. The molecule has 1 amide bonds. The first kappa shape index (κ1) is 10.9. The summed E-state index contributed by atoms with van der Waals surface area (Å²) in [5.41, 5.74) is 0. The van der Waals surface area contributed by atoms with Gasteiger partial charge in [-0.2, -0.15) is 11.8 Å². The van der Waals surface area contributed by atoms with Crippen LogP contribution < -0.4 is 5.32 Å². The van der Waals surface area contributed by atoms with Gasteiger partial charge in [0.15, 0.2) is 0 Å². The maximum absolute atomic E-state index is 11.6. The molecule has 13 heavy (non-hydrogen) atoms. The van der Waals surface area contributed by atoms with Gasteiger partial charge in [-0.3, -0.25) is 10.1 Å². The van der Waals surface area contributed by atoms with Crippen molar-refractivity contribution in [3.8, 4) is 0 Å². The Hall–Kier alpha value is -0.220. The van der Waals surface area contributed by atoms with Gasteiger partial charge in [-0.25, -0.2) is 0 Å². The maximum Gasteiger partial charge on any atom is 0.240 e. The minimum absolute atomic E-state index is 0.00396. The van der Waals surface area contributed by atoms with Crippen LogP contribution in [0.3, 0.4) is 0 Å². The average molecular weight is 202 g/mol. The van der Waals surface area contributed by atoms with Crippen LogP contribution in [-0.2, 0) is 4.79 Å². The molecule has 1 rings (SSSR count). The van der Waals surface area contributed by atoms with Crippen molar-refractivity contribution in [1.82, 2.24) is 10.2 Å². The standard InChI is InChI=1S/C9H18N2OS/c1-7-9(12)11(8(2)10-7)5-4-6-13-3/h7-8,10H,4-6H2,1-3H3. The summed E-state index contributed by atoms with van der Waals surface area (Å²) in [7, 11) is 0. The zero-order chi connectivity index (χ0) is 9.84. The average Bonchev–Trinajstić information content (AvgIpc) is 2.32. The van der Waals surface area contributed by atoms with E-state index in [1.807, 2.05) is 30.5 Å². The largest absolute Gasteiger partial charge is 0.326 e. The van der Waals surface area contributed by atoms with E-state index >= 15 is 0 Å². The highest BCUT2D eigenvalue weighted by Gasteiger charge is 2.32. The van der Waals surface area contributed by atoms with E-state index in [2.05, 4.69) is 11.6 Å². The van der Waals surface area contributed by atoms with Gasteiger partial charge >= 0.3 is 0 Å². The first-order valence-corrected chi connectivity index (χ1v) is 6.11. The number of hydrogen-bond acceptors (Lipinski definition) is 3. The van der Waals surface area contributed by atoms with E-state index < -0.39 is 0 Å². The van der Waals surface area contributed by atoms with E-state index in [4.69, 9.17) is 0 Å². The molecular weight excluding hydrogens is 184 g/mol. The number of thioether (sulfide) groups is 1. The van der Waals surface area contributed by atoms with E-state index in [0.717, 1.165) is 18.7 Å². The van der Waals surface area contributed by atoms with Crippen LogP contribution in [0.1, 0.15) is 20.3 Å². The van der Waals surface area contributed by atoms with E-state index in [1.54, 1.807) is 0 Å². The Kier molecular flexibility index (Phi) is 4.06. The first-order valence-electron chi connectivity index (χ1n) is 4.72. The van der Waals surface area contributed by atoms with E-state index in [-0.39, 0.29) is 18.1 Å². The Bertz CT molecular complexity index is 186. The molecule has 3 nitrogen and oxygen atoms in total. The first-order chi connectivity index (χ1) is 6.16. The molecular formula is C9H18N2OS. The topological polar surface area (TPSA) is 32.3 Å². The Labute approximate surface area is 84.2 Å². The van der Waals surface area contributed by atoms with Crippen LogP contribution in [0.25, 0.3) is 0 Å². The molecule has 2 atom stereocenters. The summed E-state index contributed by atoms with van der Waals surface area (Å²) in [6.45, 7) is 4.85. The summed E-state index contributed by atoms with van der Waals surface area (Å²) in [4.78, 5) is 13.5. The molecule has 2 unspecified atom stereocenters. The number of nitrogens with zero attached hydrogens (tertiary/aromatic N) is 1. The summed E-state index contributed by atoms with van der Waals surface area (Å²) >= 11 is 1.83. The maximum atomic E-state index is 11.6. The zero-order valence-electron chi connectivity index (χ0n) is 8.54. The third-order valence-corrected chi connectivity index (χ3v) is 3.06. The van der Waals surface area contributed by atoms with Gasteiger partial charge in [0.25, 0.3) is 0 Å². The molecule has 1 aliphatic rings. The van der Waals surface area contributed by atoms with Crippen molar-refractivity contribution in [3.05, 3.63) is 0 Å². The number of carbonyl (C=O) groups excluding carboxylic acids is 1. The van der Waals surface area contributed by atoms with Gasteiger partial charge in [0.05, 0.1) is 12.2 Å². The lowest BCUT2D eigenvalue weighted by Gasteiger charge is -2.20. The Morgan fingerprint density at radius 2 is 2.23 bits per heavy atom. The molecule has 0 spiro atoms.